The fourth-order valence-corrected chi connectivity index (χ4v) is 1.98. The van der Waals surface area contributed by atoms with Gasteiger partial charge in [0.25, 0.3) is 0 Å². The van der Waals surface area contributed by atoms with Crippen LogP contribution in [0.4, 0.5) is 13.2 Å². The molecule has 2 aromatic rings. The summed E-state index contributed by atoms with van der Waals surface area (Å²) in [4.78, 5) is 11.3. The Bertz CT molecular complexity index is 650. The molecule has 118 valence electrons. The van der Waals surface area contributed by atoms with Crippen molar-refractivity contribution >= 4 is 5.97 Å². The Kier molecular flexibility index (Phi) is 4.85. The number of carbonyl (C=O) groups is 1. The molecule has 2 rings (SSSR count). The maximum atomic E-state index is 12.7. The molecule has 22 heavy (non-hydrogen) atoms. The lowest BCUT2D eigenvalue weighted by molar-refractivity contribution is -0.142. The molecule has 7 heteroatoms. The van der Waals surface area contributed by atoms with E-state index in [0.717, 1.165) is 12.1 Å². The summed E-state index contributed by atoms with van der Waals surface area (Å²) in [6.45, 7) is 2.21. The SMILES string of the molecule is CCOC(=O)Cc1ccn(Cc2cccc(C(F)(F)F)c2)n1. The molecule has 0 aliphatic rings. The largest absolute Gasteiger partial charge is 0.466 e. The van der Waals surface area contributed by atoms with E-state index in [2.05, 4.69) is 5.10 Å². The van der Waals surface area contributed by atoms with Crippen molar-refractivity contribution in [2.75, 3.05) is 6.61 Å². The summed E-state index contributed by atoms with van der Waals surface area (Å²) in [6.07, 6.45) is -2.70. The number of alkyl halides is 3. The number of aromatic nitrogens is 2. The van der Waals surface area contributed by atoms with Crippen LogP contribution >= 0.6 is 0 Å². The molecule has 0 spiro atoms. The summed E-state index contributed by atoms with van der Waals surface area (Å²) in [5.41, 5.74) is 0.315. The minimum absolute atomic E-state index is 0.0451. The van der Waals surface area contributed by atoms with E-state index in [0.29, 0.717) is 17.9 Å². The van der Waals surface area contributed by atoms with Crippen molar-refractivity contribution in [1.82, 2.24) is 9.78 Å². The second-order valence-electron chi connectivity index (χ2n) is 4.68. The van der Waals surface area contributed by atoms with E-state index in [1.165, 1.54) is 10.7 Å². The molecule has 4 nitrogen and oxygen atoms in total. The van der Waals surface area contributed by atoms with E-state index in [1.54, 1.807) is 25.3 Å². The molecule has 0 bridgehead atoms. The van der Waals surface area contributed by atoms with Crippen LogP contribution in [0.2, 0.25) is 0 Å². The highest BCUT2D eigenvalue weighted by atomic mass is 19.4. The third-order valence-corrected chi connectivity index (χ3v) is 2.93. The van der Waals surface area contributed by atoms with Gasteiger partial charge in [0.15, 0.2) is 0 Å². The molecule has 0 amide bonds. The predicted octanol–water partition coefficient (Wildman–Crippen LogP) is 3.06. The first-order valence-electron chi connectivity index (χ1n) is 6.72. The lowest BCUT2D eigenvalue weighted by Gasteiger charge is -2.08. The Morgan fingerprint density at radius 1 is 1.32 bits per heavy atom. The number of halogens is 3. The number of rotatable bonds is 5. The van der Waals surface area contributed by atoms with Crippen molar-refractivity contribution < 1.29 is 22.7 Å². The van der Waals surface area contributed by atoms with Crippen LogP contribution in [0.25, 0.3) is 0 Å². The van der Waals surface area contributed by atoms with Crippen molar-refractivity contribution in [3.05, 3.63) is 53.3 Å². The maximum absolute atomic E-state index is 12.7. The fraction of sp³-hybridized carbons (Fsp3) is 0.333. The zero-order chi connectivity index (χ0) is 16.2. The average molecular weight is 312 g/mol. The van der Waals surface area contributed by atoms with Gasteiger partial charge < -0.3 is 4.74 Å². The molecule has 0 aliphatic heterocycles. The highest BCUT2D eigenvalue weighted by molar-refractivity contribution is 5.71. The van der Waals surface area contributed by atoms with Gasteiger partial charge in [-0.05, 0) is 30.7 Å². The van der Waals surface area contributed by atoms with Gasteiger partial charge in [0.05, 0.1) is 30.8 Å². The van der Waals surface area contributed by atoms with E-state index >= 15 is 0 Å². The molecular weight excluding hydrogens is 297 g/mol. The van der Waals surface area contributed by atoms with Gasteiger partial charge in [-0.2, -0.15) is 18.3 Å². The summed E-state index contributed by atoms with van der Waals surface area (Å²) in [7, 11) is 0. The number of hydrogen-bond acceptors (Lipinski definition) is 3. The average Bonchev–Trinajstić information content (AvgIpc) is 2.85. The normalized spacial score (nSPS) is 11.5. The summed E-state index contributed by atoms with van der Waals surface area (Å²) >= 11 is 0. The first-order valence-corrected chi connectivity index (χ1v) is 6.72. The van der Waals surface area contributed by atoms with Gasteiger partial charge in [0.2, 0.25) is 0 Å². The highest BCUT2D eigenvalue weighted by Gasteiger charge is 2.30. The van der Waals surface area contributed by atoms with Crippen molar-refractivity contribution in [3.63, 3.8) is 0 Å². The Morgan fingerprint density at radius 2 is 2.09 bits per heavy atom. The van der Waals surface area contributed by atoms with Gasteiger partial charge in [-0.25, -0.2) is 0 Å². The quantitative estimate of drug-likeness (QED) is 0.797. The Balaban J connectivity index is 2.06. The molecule has 0 aliphatic carbocycles. The Hall–Kier alpha value is -2.31. The van der Waals surface area contributed by atoms with Crippen LogP contribution in [0.15, 0.2) is 36.5 Å². The van der Waals surface area contributed by atoms with Crippen LogP contribution in [-0.2, 0) is 28.7 Å². The van der Waals surface area contributed by atoms with Crippen molar-refractivity contribution in [3.8, 4) is 0 Å². The molecule has 1 aromatic carbocycles. The molecule has 0 N–H and O–H groups in total. The second-order valence-corrected chi connectivity index (χ2v) is 4.68. The number of ether oxygens (including phenoxy) is 1. The van der Waals surface area contributed by atoms with Crippen LogP contribution in [0.5, 0.6) is 0 Å². The minimum atomic E-state index is -4.37. The predicted molar refractivity (Wildman–Crippen MR) is 73.1 cm³/mol. The number of benzene rings is 1. The third-order valence-electron chi connectivity index (χ3n) is 2.93. The van der Waals surface area contributed by atoms with Crippen LogP contribution < -0.4 is 0 Å². The molecule has 0 radical (unpaired) electrons. The first kappa shape index (κ1) is 16.1. The van der Waals surface area contributed by atoms with E-state index in [1.807, 2.05) is 0 Å². The fourth-order valence-electron chi connectivity index (χ4n) is 1.98. The first-order chi connectivity index (χ1) is 10.4. The smallest absolute Gasteiger partial charge is 0.416 e. The summed E-state index contributed by atoms with van der Waals surface area (Å²) in [5.74, 6) is -0.383. The summed E-state index contributed by atoms with van der Waals surface area (Å²) < 4.78 is 44.3. The van der Waals surface area contributed by atoms with Crippen LogP contribution in [0, 0.1) is 0 Å². The summed E-state index contributed by atoms with van der Waals surface area (Å²) in [6, 6.07) is 6.72. The maximum Gasteiger partial charge on any atom is 0.416 e. The molecule has 0 saturated heterocycles. The van der Waals surface area contributed by atoms with Gasteiger partial charge in [0, 0.05) is 6.20 Å². The molecule has 0 fully saturated rings. The van der Waals surface area contributed by atoms with Gasteiger partial charge >= 0.3 is 12.1 Å². The molecule has 0 unspecified atom stereocenters. The van der Waals surface area contributed by atoms with Crippen molar-refractivity contribution in [2.24, 2.45) is 0 Å². The molecule has 1 aromatic heterocycles. The minimum Gasteiger partial charge on any atom is -0.466 e. The standard InChI is InChI=1S/C15H15F3N2O2/c1-2-22-14(21)9-13-6-7-20(19-13)10-11-4-3-5-12(8-11)15(16,17)18/h3-8H,2,9-10H2,1H3. The number of hydrogen-bond donors (Lipinski definition) is 0. The topological polar surface area (TPSA) is 44.1 Å². The van der Waals surface area contributed by atoms with Crippen molar-refractivity contribution in [2.45, 2.75) is 26.1 Å². The van der Waals surface area contributed by atoms with Gasteiger partial charge in [-0.3, -0.25) is 9.48 Å². The van der Waals surface area contributed by atoms with Crippen LogP contribution in [0.3, 0.4) is 0 Å². The lowest BCUT2D eigenvalue weighted by atomic mass is 10.1. The molecular formula is C15H15F3N2O2. The van der Waals surface area contributed by atoms with Gasteiger partial charge in [0.1, 0.15) is 0 Å². The Labute approximate surface area is 125 Å². The Morgan fingerprint density at radius 3 is 2.77 bits per heavy atom. The van der Waals surface area contributed by atoms with E-state index in [4.69, 9.17) is 4.74 Å². The van der Waals surface area contributed by atoms with Crippen LogP contribution in [-0.4, -0.2) is 22.4 Å². The highest BCUT2D eigenvalue weighted by Crippen LogP contribution is 2.29. The van der Waals surface area contributed by atoms with Gasteiger partial charge in [-0.15, -0.1) is 0 Å². The van der Waals surface area contributed by atoms with E-state index in [-0.39, 0.29) is 18.9 Å². The molecule has 0 atom stereocenters. The van der Waals surface area contributed by atoms with E-state index < -0.39 is 11.7 Å². The van der Waals surface area contributed by atoms with Crippen LogP contribution in [0.1, 0.15) is 23.7 Å². The summed E-state index contributed by atoms with van der Waals surface area (Å²) in [5, 5.41) is 4.15. The van der Waals surface area contributed by atoms with E-state index in [9.17, 15) is 18.0 Å². The van der Waals surface area contributed by atoms with Gasteiger partial charge in [-0.1, -0.05) is 12.1 Å². The van der Waals surface area contributed by atoms with Crippen molar-refractivity contribution in [1.29, 1.82) is 0 Å². The third kappa shape index (κ3) is 4.34. The molecule has 1 heterocycles. The number of esters is 1. The zero-order valence-electron chi connectivity index (χ0n) is 11.9. The number of nitrogens with zero attached hydrogens (tertiary/aromatic N) is 2. The molecule has 0 saturated carbocycles. The monoisotopic (exact) mass is 312 g/mol. The second kappa shape index (κ2) is 6.64. The lowest BCUT2D eigenvalue weighted by Crippen LogP contribution is -2.09. The number of carbonyl (C=O) groups excluding carboxylic acids is 1. The zero-order valence-corrected chi connectivity index (χ0v) is 11.9.